The van der Waals surface area contributed by atoms with E-state index in [1.165, 1.54) is 17.5 Å². The maximum absolute atomic E-state index is 5.84. The Kier molecular flexibility index (Phi) is 3.25. The summed E-state index contributed by atoms with van der Waals surface area (Å²) in [6, 6.07) is 6.91. The Morgan fingerprint density at radius 3 is 3.11 bits per heavy atom. The molecule has 1 unspecified atom stereocenters. The molecule has 0 aliphatic heterocycles. The topological polar surface area (TPSA) is 39.1 Å². The molecule has 0 bridgehead atoms. The molecule has 4 nitrogen and oxygen atoms in total. The maximum atomic E-state index is 5.84. The predicted molar refractivity (Wildman–Crippen MR) is 74.1 cm³/mol. The van der Waals surface area contributed by atoms with Crippen molar-refractivity contribution in [2.45, 2.75) is 25.5 Å². The summed E-state index contributed by atoms with van der Waals surface area (Å²) < 4.78 is 7.82. The molecule has 2 aromatic rings. The van der Waals surface area contributed by atoms with Gasteiger partial charge in [-0.1, -0.05) is 6.07 Å². The van der Waals surface area contributed by atoms with E-state index in [0.29, 0.717) is 12.6 Å². The maximum Gasteiger partial charge on any atom is 0.130 e. The SMILES string of the molecule is CNC1CCc2cc(OCc3cncn3C)ccc21. The van der Waals surface area contributed by atoms with E-state index in [-0.39, 0.29) is 0 Å². The van der Waals surface area contributed by atoms with Gasteiger partial charge < -0.3 is 14.6 Å². The number of hydrogen-bond acceptors (Lipinski definition) is 3. The van der Waals surface area contributed by atoms with E-state index in [4.69, 9.17) is 4.74 Å². The average Bonchev–Trinajstić information content (AvgIpc) is 3.01. The standard InChI is InChI=1S/C15H19N3O/c1-16-15-6-3-11-7-13(4-5-14(11)15)19-9-12-8-17-10-18(12)2/h4-5,7-8,10,15-16H,3,6,9H2,1-2H3. The van der Waals surface area contributed by atoms with Gasteiger partial charge in [-0.25, -0.2) is 4.98 Å². The molecule has 0 saturated heterocycles. The van der Waals surface area contributed by atoms with E-state index in [9.17, 15) is 0 Å². The molecule has 1 aromatic heterocycles. The highest BCUT2D eigenvalue weighted by molar-refractivity contribution is 5.40. The molecular weight excluding hydrogens is 238 g/mol. The first-order chi connectivity index (χ1) is 9.28. The van der Waals surface area contributed by atoms with Crippen LogP contribution in [0, 0.1) is 0 Å². The van der Waals surface area contributed by atoms with Crippen LogP contribution in [0.15, 0.2) is 30.7 Å². The van der Waals surface area contributed by atoms with Crippen molar-refractivity contribution in [3.63, 3.8) is 0 Å². The summed E-state index contributed by atoms with van der Waals surface area (Å²) in [5.74, 6) is 0.941. The van der Waals surface area contributed by atoms with Crippen molar-refractivity contribution < 1.29 is 4.74 Å². The van der Waals surface area contributed by atoms with Crippen LogP contribution in [0.2, 0.25) is 0 Å². The zero-order chi connectivity index (χ0) is 13.2. The second-order valence-electron chi connectivity index (χ2n) is 5.03. The van der Waals surface area contributed by atoms with Crippen LogP contribution < -0.4 is 10.1 Å². The van der Waals surface area contributed by atoms with Gasteiger partial charge >= 0.3 is 0 Å². The Morgan fingerprint density at radius 2 is 2.37 bits per heavy atom. The second-order valence-corrected chi connectivity index (χ2v) is 5.03. The fourth-order valence-electron chi connectivity index (χ4n) is 2.66. The molecule has 0 radical (unpaired) electrons. The zero-order valence-electron chi connectivity index (χ0n) is 11.4. The summed E-state index contributed by atoms with van der Waals surface area (Å²) in [5.41, 5.74) is 3.89. The van der Waals surface area contributed by atoms with Gasteiger partial charge in [-0.05, 0) is 43.1 Å². The van der Waals surface area contributed by atoms with Crippen LogP contribution in [-0.4, -0.2) is 16.6 Å². The van der Waals surface area contributed by atoms with E-state index in [2.05, 4.69) is 28.5 Å². The van der Waals surface area contributed by atoms with Crippen molar-refractivity contribution >= 4 is 0 Å². The third kappa shape index (κ3) is 2.36. The number of hydrogen-bond donors (Lipinski definition) is 1. The van der Waals surface area contributed by atoms with Crippen LogP contribution in [0.5, 0.6) is 5.75 Å². The van der Waals surface area contributed by atoms with E-state index < -0.39 is 0 Å². The zero-order valence-corrected chi connectivity index (χ0v) is 11.4. The molecule has 1 aliphatic carbocycles. The van der Waals surface area contributed by atoms with Gasteiger partial charge in [0.25, 0.3) is 0 Å². The highest BCUT2D eigenvalue weighted by Gasteiger charge is 2.21. The number of aryl methyl sites for hydroxylation is 2. The average molecular weight is 257 g/mol. The van der Waals surface area contributed by atoms with Crippen molar-refractivity contribution in [3.05, 3.63) is 47.5 Å². The van der Waals surface area contributed by atoms with Gasteiger partial charge in [-0.2, -0.15) is 0 Å². The minimum atomic E-state index is 0.501. The van der Waals surface area contributed by atoms with Crippen LogP contribution in [0.1, 0.15) is 29.3 Å². The molecule has 3 rings (SSSR count). The second kappa shape index (κ2) is 5.05. The van der Waals surface area contributed by atoms with Crippen LogP contribution in [0.3, 0.4) is 0 Å². The predicted octanol–water partition coefficient (Wildman–Crippen LogP) is 2.21. The van der Waals surface area contributed by atoms with Crippen LogP contribution >= 0.6 is 0 Å². The molecule has 0 fully saturated rings. The summed E-state index contributed by atoms with van der Waals surface area (Å²) in [6.45, 7) is 0.560. The number of nitrogens with one attached hydrogen (secondary N) is 1. The fourth-order valence-corrected chi connectivity index (χ4v) is 2.66. The van der Waals surface area contributed by atoms with E-state index in [1.54, 1.807) is 6.33 Å². The van der Waals surface area contributed by atoms with Crippen molar-refractivity contribution in [3.8, 4) is 5.75 Å². The molecule has 0 saturated carbocycles. The van der Waals surface area contributed by atoms with Gasteiger partial charge in [0.05, 0.1) is 18.2 Å². The first-order valence-electron chi connectivity index (χ1n) is 6.66. The Hall–Kier alpha value is -1.81. The van der Waals surface area contributed by atoms with Gasteiger partial charge in [-0.3, -0.25) is 0 Å². The first-order valence-corrected chi connectivity index (χ1v) is 6.66. The molecule has 100 valence electrons. The van der Waals surface area contributed by atoms with Crippen LogP contribution in [-0.2, 0) is 20.1 Å². The largest absolute Gasteiger partial charge is 0.487 e. The third-order valence-electron chi connectivity index (χ3n) is 3.84. The number of imidazole rings is 1. The lowest BCUT2D eigenvalue weighted by Gasteiger charge is -2.11. The third-order valence-corrected chi connectivity index (χ3v) is 3.84. The molecular formula is C15H19N3O. The lowest BCUT2D eigenvalue weighted by Crippen LogP contribution is -2.12. The molecule has 0 amide bonds. The normalized spacial score (nSPS) is 17.5. The van der Waals surface area contributed by atoms with Gasteiger partial charge in [-0.15, -0.1) is 0 Å². The highest BCUT2D eigenvalue weighted by Crippen LogP contribution is 2.33. The van der Waals surface area contributed by atoms with Crippen molar-refractivity contribution in [2.24, 2.45) is 7.05 Å². The molecule has 1 aliphatic rings. The number of aromatic nitrogens is 2. The van der Waals surface area contributed by atoms with Crippen molar-refractivity contribution in [1.29, 1.82) is 0 Å². The number of rotatable bonds is 4. The Morgan fingerprint density at radius 1 is 1.47 bits per heavy atom. The number of ether oxygens (including phenoxy) is 1. The Labute approximate surface area is 113 Å². The molecule has 1 N–H and O–H groups in total. The van der Waals surface area contributed by atoms with Crippen molar-refractivity contribution in [1.82, 2.24) is 14.9 Å². The molecule has 19 heavy (non-hydrogen) atoms. The van der Waals surface area contributed by atoms with Crippen LogP contribution in [0.25, 0.3) is 0 Å². The lowest BCUT2D eigenvalue weighted by molar-refractivity contribution is 0.297. The summed E-state index contributed by atoms with van der Waals surface area (Å²) >= 11 is 0. The van der Waals surface area contributed by atoms with E-state index in [1.807, 2.05) is 24.9 Å². The number of fused-ring (bicyclic) bond motifs is 1. The lowest BCUT2D eigenvalue weighted by atomic mass is 10.1. The molecule has 0 spiro atoms. The Balaban J connectivity index is 1.72. The van der Waals surface area contributed by atoms with Gasteiger partial charge in [0, 0.05) is 13.1 Å². The summed E-state index contributed by atoms with van der Waals surface area (Å²) in [4.78, 5) is 4.09. The molecule has 4 heteroatoms. The minimum absolute atomic E-state index is 0.501. The Bertz CT molecular complexity index is 577. The van der Waals surface area contributed by atoms with Crippen LogP contribution in [0.4, 0.5) is 0 Å². The first kappa shape index (κ1) is 12.2. The smallest absolute Gasteiger partial charge is 0.130 e. The molecule has 1 heterocycles. The van der Waals surface area contributed by atoms with E-state index >= 15 is 0 Å². The summed E-state index contributed by atoms with van der Waals surface area (Å²) in [7, 11) is 4.00. The molecule has 1 aromatic carbocycles. The number of nitrogens with zero attached hydrogens (tertiary/aromatic N) is 2. The van der Waals surface area contributed by atoms with Gasteiger partial charge in [0.1, 0.15) is 12.4 Å². The van der Waals surface area contributed by atoms with Gasteiger partial charge in [0.15, 0.2) is 0 Å². The van der Waals surface area contributed by atoms with E-state index in [0.717, 1.165) is 17.9 Å². The monoisotopic (exact) mass is 257 g/mol. The van der Waals surface area contributed by atoms with Crippen molar-refractivity contribution in [2.75, 3.05) is 7.05 Å². The number of benzene rings is 1. The quantitative estimate of drug-likeness (QED) is 0.912. The summed E-state index contributed by atoms with van der Waals surface area (Å²) in [6.07, 6.45) is 5.93. The van der Waals surface area contributed by atoms with Gasteiger partial charge in [0.2, 0.25) is 0 Å². The minimum Gasteiger partial charge on any atom is -0.487 e. The fraction of sp³-hybridized carbons (Fsp3) is 0.400. The summed E-state index contributed by atoms with van der Waals surface area (Å²) in [5, 5.41) is 3.35. The molecule has 1 atom stereocenters. The highest BCUT2D eigenvalue weighted by atomic mass is 16.5.